The number of carboxylic acid groups (broad SMARTS) is 1. The number of hydrogen-bond donors (Lipinski definition) is 1. The molecule has 1 N–H and O–H groups in total. The van der Waals surface area contributed by atoms with Gasteiger partial charge in [-0.05, 0) is 18.2 Å². The van der Waals surface area contributed by atoms with Gasteiger partial charge in [-0.2, -0.15) is 0 Å². The molecule has 0 aliphatic carbocycles. The molecule has 2 aliphatic heterocycles. The highest BCUT2D eigenvalue weighted by Gasteiger charge is 2.34. The van der Waals surface area contributed by atoms with Crippen molar-refractivity contribution in [2.24, 2.45) is 0 Å². The van der Waals surface area contributed by atoms with Crippen LogP contribution in [0.25, 0.3) is 0 Å². The minimum atomic E-state index is -1.14. The lowest BCUT2D eigenvalue weighted by atomic mass is 10.2. The first kappa shape index (κ1) is 16.8. The summed E-state index contributed by atoms with van der Waals surface area (Å²) in [7, 11) is 1.36. The van der Waals surface area contributed by atoms with Gasteiger partial charge in [0, 0.05) is 7.05 Å². The van der Waals surface area contributed by atoms with E-state index in [9.17, 15) is 18.8 Å². The van der Waals surface area contributed by atoms with Crippen LogP contribution >= 0.6 is 0 Å². The molecule has 25 heavy (non-hydrogen) atoms. The Labute approximate surface area is 142 Å². The molecule has 0 radical (unpaired) electrons. The maximum atomic E-state index is 14.4. The zero-order chi connectivity index (χ0) is 18.1. The lowest BCUT2D eigenvalue weighted by Gasteiger charge is -2.18. The summed E-state index contributed by atoms with van der Waals surface area (Å²) in [6.45, 7) is 0.556. The summed E-state index contributed by atoms with van der Waals surface area (Å²) in [6, 6.07) is 4.02. The smallest absolute Gasteiger partial charge is 0.414 e. The zero-order valence-corrected chi connectivity index (χ0v) is 13.3. The highest BCUT2D eigenvalue weighted by molar-refractivity contribution is 5.92. The molecule has 2 saturated heterocycles. The lowest BCUT2D eigenvalue weighted by molar-refractivity contribution is 0.106. The second kappa shape index (κ2) is 6.46. The Morgan fingerprint density at radius 3 is 2.72 bits per heavy atom. The predicted molar refractivity (Wildman–Crippen MR) is 83.4 cm³/mol. The van der Waals surface area contributed by atoms with Crippen LogP contribution in [0.3, 0.4) is 0 Å². The molecule has 134 valence electrons. The molecule has 0 bridgehead atoms. The van der Waals surface area contributed by atoms with E-state index in [-0.39, 0.29) is 37.6 Å². The molecule has 1 aromatic carbocycles. The summed E-state index contributed by atoms with van der Waals surface area (Å²) in [6.07, 6.45) is -3.09. The number of anilines is 2. The quantitative estimate of drug-likeness (QED) is 0.885. The maximum Gasteiger partial charge on any atom is 0.414 e. The van der Waals surface area contributed by atoms with Gasteiger partial charge in [-0.3, -0.25) is 9.80 Å². The van der Waals surface area contributed by atoms with Crippen molar-refractivity contribution >= 4 is 29.7 Å². The molecule has 0 spiro atoms. The summed E-state index contributed by atoms with van der Waals surface area (Å²) >= 11 is 0. The van der Waals surface area contributed by atoms with E-state index in [0.717, 1.165) is 11.0 Å². The molecule has 10 heteroatoms. The Kier molecular flexibility index (Phi) is 4.34. The van der Waals surface area contributed by atoms with Gasteiger partial charge >= 0.3 is 18.3 Å². The normalized spacial score (nSPS) is 19.8. The summed E-state index contributed by atoms with van der Waals surface area (Å²) in [5, 5.41) is 8.86. The van der Waals surface area contributed by atoms with Crippen LogP contribution in [0.1, 0.15) is 0 Å². The number of ether oxygens (including phenoxy) is 2. The van der Waals surface area contributed by atoms with Crippen molar-refractivity contribution < 1.29 is 33.4 Å². The van der Waals surface area contributed by atoms with E-state index < -0.39 is 30.2 Å². The third-order valence-corrected chi connectivity index (χ3v) is 3.97. The molecule has 3 amide bonds. The molecule has 0 unspecified atom stereocenters. The van der Waals surface area contributed by atoms with Gasteiger partial charge < -0.3 is 19.5 Å². The number of rotatable bonds is 4. The van der Waals surface area contributed by atoms with E-state index in [1.807, 2.05) is 0 Å². The third-order valence-electron chi connectivity index (χ3n) is 3.97. The van der Waals surface area contributed by atoms with Crippen molar-refractivity contribution in [3.05, 3.63) is 24.0 Å². The minimum Gasteiger partial charge on any atom is -0.465 e. The molecule has 2 fully saturated rings. The monoisotopic (exact) mass is 353 g/mol. The molecular weight excluding hydrogens is 337 g/mol. The third kappa shape index (κ3) is 3.28. The Morgan fingerprint density at radius 2 is 2.12 bits per heavy atom. The van der Waals surface area contributed by atoms with E-state index in [2.05, 4.69) is 0 Å². The fourth-order valence-electron chi connectivity index (χ4n) is 2.71. The SMILES string of the molecule is CN(C[C@H]1CN(c2ccc(N3CCOC3=O)c(F)c2)C(=O)O1)C(=O)O. The van der Waals surface area contributed by atoms with Gasteiger partial charge in [0.2, 0.25) is 0 Å². The standard InChI is InChI=1S/C15H16FN3O6/c1-17(13(20)21)7-10-8-19(15(23)25-10)9-2-3-12(11(16)6-9)18-4-5-24-14(18)22/h2-3,6,10H,4-5,7-8H2,1H3,(H,20,21)/t10-/m0/s1. The highest BCUT2D eigenvalue weighted by Crippen LogP contribution is 2.29. The molecule has 0 saturated carbocycles. The van der Waals surface area contributed by atoms with E-state index in [0.29, 0.717) is 0 Å². The van der Waals surface area contributed by atoms with Gasteiger partial charge in [0.25, 0.3) is 0 Å². The van der Waals surface area contributed by atoms with Crippen LogP contribution < -0.4 is 9.80 Å². The number of amides is 3. The first-order valence-electron chi connectivity index (χ1n) is 7.53. The van der Waals surface area contributed by atoms with Crippen LogP contribution in [0.2, 0.25) is 0 Å². The van der Waals surface area contributed by atoms with Gasteiger partial charge in [-0.1, -0.05) is 0 Å². The predicted octanol–water partition coefficient (Wildman–Crippen LogP) is 1.72. The zero-order valence-electron chi connectivity index (χ0n) is 13.3. The van der Waals surface area contributed by atoms with Crippen LogP contribution in [0.15, 0.2) is 18.2 Å². The topological polar surface area (TPSA) is 99.6 Å². The molecule has 0 aromatic heterocycles. The Morgan fingerprint density at radius 1 is 1.36 bits per heavy atom. The van der Waals surface area contributed by atoms with E-state index >= 15 is 0 Å². The number of carbonyl (C=O) groups is 3. The minimum absolute atomic E-state index is 0.0117. The van der Waals surface area contributed by atoms with Crippen LogP contribution in [-0.4, -0.2) is 67.7 Å². The second-order valence-electron chi connectivity index (χ2n) is 5.68. The van der Waals surface area contributed by atoms with Gasteiger partial charge in [0.1, 0.15) is 18.5 Å². The fourth-order valence-corrected chi connectivity index (χ4v) is 2.71. The summed E-state index contributed by atoms with van der Waals surface area (Å²) in [5.41, 5.74) is 0.334. The average Bonchev–Trinajstić information content (AvgIpc) is 3.13. The Hall–Kier alpha value is -3.04. The van der Waals surface area contributed by atoms with Gasteiger partial charge in [0.15, 0.2) is 0 Å². The molecular formula is C15H16FN3O6. The van der Waals surface area contributed by atoms with Crippen molar-refractivity contribution in [3.8, 4) is 0 Å². The fraction of sp³-hybridized carbons (Fsp3) is 0.400. The maximum absolute atomic E-state index is 14.4. The first-order valence-corrected chi connectivity index (χ1v) is 7.53. The van der Waals surface area contributed by atoms with Crippen LogP contribution in [-0.2, 0) is 9.47 Å². The van der Waals surface area contributed by atoms with Crippen molar-refractivity contribution in [3.63, 3.8) is 0 Å². The number of likely N-dealkylation sites (N-methyl/N-ethyl adjacent to an activating group) is 1. The number of carbonyl (C=O) groups excluding carboxylic acids is 2. The molecule has 3 rings (SSSR count). The number of halogens is 1. The number of cyclic esters (lactones) is 2. The Balaban J connectivity index is 1.74. The van der Waals surface area contributed by atoms with Crippen molar-refractivity contribution in [1.29, 1.82) is 0 Å². The van der Waals surface area contributed by atoms with E-state index in [4.69, 9.17) is 14.6 Å². The first-order chi connectivity index (χ1) is 11.9. The van der Waals surface area contributed by atoms with Crippen LogP contribution in [0, 0.1) is 5.82 Å². The van der Waals surface area contributed by atoms with Gasteiger partial charge in [0.05, 0.1) is 31.0 Å². The van der Waals surface area contributed by atoms with E-state index in [1.165, 1.54) is 29.0 Å². The summed E-state index contributed by atoms with van der Waals surface area (Å²) in [5.74, 6) is -0.671. The number of nitrogens with zero attached hydrogens (tertiary/aromatic N) is 3. The molecule has 1 aromatic rings. The van der Waals surface area contributed by atoms with E-state index in [1.54, 1.807) is 0 Å². The van der Waals surface area contributed by atoms with Crippen molar-refractivity contribution in [2.45, 2.75) is 6.10 Å². The lowest BCUT2D eigenvalue weighted by Crippen LogP contribution is -2.35. The van der Waals surface area contributed by atoms with Crippen LogP contribution in [0.4, 0.5) is 30.1 Å². The van der Waals surface area contributed by atoms with Crippen LogP contribution in [0.5, 0.6) is 0 Å². The molecule has 2 aliphatic rings. The Bertz CT molecular complexity index is 727. The summed E-state index contributed by atoms with van der Waals surface area (Å²) in [4.78, 5) is 37.7. The van der Waals surface area contributed by atoms with Crippen molar-refractivity contribution in [2.75, 3.05) is 43.1 Å². The largest absolute Gasteiger partial charge is 0.465 e. The number of benzene rings is 1. The molecule has 9 nitrogen and oxygen atoms in total. The molecule has 2 heterocycles. The average molecular weight is 353 g/mol. The number of hydrogen-bond acceptors (Lipinski definition) is 5. The van der Waals surface area contributed by atoms with Gasteiger partial charge in [-0.25, -0.2) is 18.8 Å². The summed E-state index contributed by atoms with van der Waals surface area (Å²) < 4.78 is 24.2. The van der Waals surface area contributed by atoms with Crippen molar-refractivity contribution in [1.82, 2.24) is 4.90 Å². The highest BCUT2D eigenvalue weighted by atomic mass is 19.1. The van der Waals surface area contributed by atoms with Gasteiger partial charge in [-0.15, -0.1) is 0 Å². The molecule has 1 atom stereocenters. The second-order valence-corrected chi connectivity index (χ2v) is 5.68.